The predicted molar refractivity (Wildman–Crippen MR) is 76.6 cm³/mol. The van der Waals surface area contributed by atoms with Gasteiger partial charge in [-0.2, -0.15) is 0 Å². The lowest BCUT2D eigenvalue weighted by molar-refractivity contribution is 0.585. The zero-order chi connectivity index (χ0) is 13.1. The first-order chi connectivity index (χ1) is 7.84. The molecule has 0 bridgehead atoms. The summed E-state index contributed by atoms with van der Waals surface area (Å²) in [6.45, 7) is 10.6. The number of hydrogen-bond donors (Lipinski definition) is 1. The van der Waals surface area contributed by atoms with Gasteiger partial charge in [0.15, 0.2) is 0 Å². The van der Waals surface area contributed by atoms with Gasteiger partial charge < -0.3 is 10.6 Å². The van der Waals surface area contributed by atoms with Crippen LogP contribution in [-0.4, -0.2) is 20.1 Å². The Balaban J connectivity index is 2.74. The number of nitrogens with two attached hydrogens (primary N) is 1. The Morgan fingerprint density at radius 2 is 1.71 bits per heavy atom. The minimum Gasteiger partial charge on any atom is -0.374 e. The summed E-state index contributed by atoms with van der Waals surface area (Å²) in [6, 6.07) is 8.84. The van der Waals surface area contributed by atoms with Crippen LogP contribution in [0, 0.1) is 5.92 Å². The van der Waals surface area contributed by atoms with E-state index < -0.39 is 0 Å². The summed E-state index contributed by atoms with van der Waals surface area (Å²) in [5, 5.41) is 0. The van der Waals surface area contributed by atoms with Crippen LogP contribution in [0.2, 0.25) is 0 Å². The van der Waals surface area contributed by atoms with Crippen molar-refractivity contribution in [1.29, 1.82) is 0 Å². The zero-order valence-electron chi connectivity index (χ0n) is 11.8. The Kier molecular flexibility index (Phi) is 4.58. The minimum absolute atomic E-state index is 0.224. The van der Waals surface area contributed by atoms with Gasteiger partial charge in [-0.25, -0.2) is 0 Å². The highest BCUT2D eigenvalue weighted by Crippen LogP contribution is 2.24. The number of hydrogen-bond acceptors (Lipinski definition) is 2. The van der Waals surface area contributed by atoms with E-state index in [1.807, 2.05) is 0 Å². The summed E-state index contributed by atoms with van der Waals surface area (Å²) in [4.78, 5) is 2.27. The lowest BCUT2D eigenvalue weighted by Gasteiger charge is -2.24. The highest BCUT2D eigenvalue weighted by atomic mass is 15.1. The van der Waals surface area contributed by atoms with Crippen molar-refractivity contribution in [3.63, 3.8) is 0 Å². The molecule has 1 rings (SSSR count). The molecule has 1 aromatic rings. The SMILES string of the molecule is CC(CN)CN(C)c1ccc(C(C)(C)C)cc1. The molecule has 0 spiro atoms. The Morgan fingerprint density at radius 3 is 2.12 bits per heavy atom. The van der Waals surface area contributed by atoms with Crippen molar-refractivity contribution in [2.75, 3.05) is 25.0 Å². The molecule has 2 nitrogen and oxygen atoms in total. The van der Waals surface area contributed by atoms with E-state index in [0.29, 0.717) is 5.92 Å². The van der Waals surface area contributed by atoms with Gasteiger partial charge in [-0.3, -0.25) is 0 Å². The average Bonchev–Trinajstić information content (AvgIpc) is 2.27. The fraction of sp³-hybridized carbons (Fsp3) is 0.600. The van der Waals surface area contributed by atoms with Crippen LogP contribution in [0.1, 0.15) is 33.3 Å². The van der Waals surface area contributed by atoms with Crippen LogP contribution in [0.3, 0.4) is 0 Å². The predicted octanol–water partition coefficient (Wildman–Crippen LogP) is 3.02. The molecule has 0 saturated heterocycles. The molecule has 0 aliphatic rings. The van der Waals surface area contributed by atoms with Crippen molar-refractivity contribution >= 4 is 5.69 Å². The van der Waals surface area contributed by atoms with Gasteiger partial charge in [0.2, 0.25) is 0 Å². The van der Waals surface area contributed by atoms with E-state index in [4.69, 9.17) is 5.73 Å². The minimum atomic E-state index is 0.224. The zero-order valence-corrected chi connectivity index (χ0v) is 11.8. The summed E-state index contributed by atoms with van der Waals surface area (Å²) in [6.07, 6.45) is 0. The maximum atomic E-state index is 5.65. The number of anilines is 1. The molecule has 96 valence electrons. The van der Waals surface area contributed by atoms with E-state index in [-0.39, 0.29) is 5.41 Å². The molecule has 0 heterocycles. The van der Waals surface area contributed by atoms with Crippen LogP contribution in [-0.2, 0) is 5.41 Å². The average molecular weight is 234 g/mol. The fourth-order valence-corrected chi connectivity index (χ4v) is 1.86. The van der Waals surface area contributed by atoms with Gasteiger partial charge in [0.25, 0.3) is 0 Å². The lowest BCUT2D eigenvalue weighted by Crippen LogP contribution is -2.28. The highest BCUT2D eigenvalue weighted by molar-refractivity contribution is 5.47. The second-order valence-electron chi connectivity index (χ2n) is 6.02. The van der Waals surface area contributed by atoms with Crippen molar-refractivity contribution in [3.05, 3.63) is 29.8 Å². The van der Waals surface area contributed by atoms with Crippen molar-refractivity contribution in [2.24, 2.45) is 11.7 Å². The van der Waals surface area contributed by atoms with Crippen LogP contribution in [0.5, 0.6) is 0 Å². The van der Waals surface area contributed by atoms with Crippen LogP contribution in [0.25, 0.3) is 0 Å². The summed E-state index contributed by atoms with van der Waals surface area (Å²) >= 11 is 0. The molecule has 0 aliphatic carbocycles. The fourth-order valence-electron chi connectivity index (χ4n) is 1.86. The molecule has 17 heavy (non-hydrogen) atoms. The quantitative estimate of drug-likeness (QED) is 0.867. The normalized spacial score (nSPS) is 13.5. The third-order valence-corrected chi connectivity index (χ3v) is 3.16. The smallest absolute Gasteiger partial charge is 0.0363 e. The molecule has 0 fully saturated rings. The van der Waals surface area contributed by atoms with Crippen molar-refractivity contribution in [1.82, 2.24) is 0 Å². The summed E-state index contributed by atoms with van der Waals surface area (Å²) < 4.78 is 0. The first-order valence-corrected chi connectivity index (χ1v) is 6.36. The molecular weight excluding hydrogens is 208 g/mol. The Hall–Kier alpha value is -1.02. The summed E-state index contributed by atoms with van der Waals surface area (Å²) in [7, 11) is 2.12. The first kappa shape index (κ1) is 14.0. The van der Waals surface area contributed by atoms with E-state index in [1.165, 1.54) is 11.3 Å². The van der Waals surface area contributed by atoms with Gasteiger partial charge >= 0.3 is 0 Å². The molecule has 2 N–H and O–H groups in total. The maximum Gasteiger partial charge on any atom is 0.0363 e. The summed E-state index contributed by atoms with van der Waals surface area (Å²) in [5.41, 5.74) is 8.52. The molecule has 0 saturated carbocycles. The Bertz CT molecular complexity index is 335. The maximum absolute atomic E-state index is 5.65. The van der Waals surface area contributed by atoms with Gasteiger partial charge in [-0.15, -0.1) is 0 Å². The summed E-state index contributed by atoms with van der Waals surface area (Å²) in [5.74, 6) is 0.530. The van der Waals surface area contributed by atoms with Gasteiger partial charge in [0.05, 0.1) is 0 Å². The Morgan fingerprint density at radius 1 is 1.18 bits per heavy atom. The molecule has 0 aliphatic heterocycles. The van der Waals surface area contributed by atoms with E-state index >= 15 is 0 Å². The molecule has 1 unspecified atom stereocenters. The molecule has 0 amide bonds. The van der Waals surface area contributed by atoms with Crippen molar-refractivity contribution < 1.29 is 0 Å². The van der Waals surface area contributed by atoms with Crippen molar-refractivity contribution in [3.8, 4) is 0 Å². The van der Waals surface area contributed by atoms with E-state index in [1.54, 1.807) is 0 Å². The van der Waals surface area contributed by atoms with Crippen LogP contribution in [0.4, 0.5) is 5.69 Å². The first-order valence-electron chi connectivity index (χ1n) is 6.36. The molecule has 0 radical (unpaired) electrons. The van der Waals surface area contributed by atoms with Crippen LogP contribution < -0.4 is 10.6 Å². The van der Waals surface area contributed by atoms with E-state index in [9.17, 15) is 0 Å². The van der Waals surface area contributed by atoms with E-state index in [0.717, 1.165) is 13.1 Å². The monoisotopic (exact) mass is 234 g/mol. The van der Waals surface area contributed by atoms with Crippen LogP contribution >= 0.6 is 0 Å². The van der Waals surface area contributed by atoms with Gasteiger partial charge in [0.1, 0.15) is 0 Å². The number of nitrogens with zero attached hydrogens (tertiary/aromatic N) is 1. The molecule has 1 atom stereocenters. The Labute approximate surface area is 106 Å². The second-order valence-corrected chi connectivity index (χ2v) is 6.02. The van der Waals surface area contributed by atoms with Gasteiger partial charge in [-0.1, -0.05) is 39.8 Å². The van der Waals surface area contributed by atoms with E-state index in [2.05, 4.69) is 63.9 Å². The number of rotatable bonds is 4. The van der Waals surface area contributed by atoms with Crippen molar-refractivity contribution in [2.45, 2.75) is 33.1 Å². The molecular formula is C15H26N2. The van der Waals surface area contributed by atoms with Crippen LogP contribution in [0.15, 0.2) is 24.3 Å². The molecule has 1 aromatic carbocycles. The topological polar surface area (TPSA) is 29.3 Å². The lowest BCUT2D eigenvalue weighted by atomic mass is 9.87. The molecule has 0 aromatic heterocycles. The van der Waals surface area contributed by atoms with Gasteiger partial charge in [-0.05, 0) is 35.6 Å². The third-order valence-electron chi connectivity index (χ3n) is 3.16. The van der Waals surface area contributed by atoms with Gasteiger partial charge in [0, 0.05) is 19.3 Å². The molecule has 2 heteroatoms. The highest BCUT2D eigenvalue weighted by Gasteiger charge is 2.13. The standard InChI is InChI=1S/C15H26N2/c1-12(10-16)11-17(5)14-8-6-13(7-9-14)15(2,3)4/h6-9,12H,10-11,16H2,1-5H3. The third kappa shape index (κ3) is 4.04. The largest absolute Gasteiger partial charge is 0.374 e. The second kappa shape index (κ2) is 5.54. The number of benzene rings is 1.